The Hall–Kier alpha value is -0.740. The number of hydrogen-bond acceptors (Lipinski definition) is 2. The fraction of sp³-hybridized carbons (Fsp3) is 0.286. The molecule has 2 nitrogen and oxygen atoms in total. The van der Waals surface area contributed by atoms with Crippen LogP contribution in [0.25, 0.3) is 0 Å². The average molecular weight is 193 g/mol. The van der Waals surface area contributed by atoms with E-state index >= 15 is 0 Å². The van der Waals surface area contributed by atoms with E-state index in [2.05, 4.69) is 4.98 Å². The molecule has 1 rings (SSSR count). The van der Waals surface area contributed by atoms with Gasteiger partial charge < -0.3 is 5.73 Å². The Bertz CT molecular complexity index is 278. The van der Waals surface area contributed by atoms with Gasteiger partial charge in [-0.25, -0.2) is 8.78 Å². The van der Waals surface area contributed by atoms with Crippen LogP contribution in [0.4, 0.5) is 8.78 Å². The van der Waals surface area contributed by atoms with Crippen LogP contribution in [0.3, 0.4) is 0 Å². The van der Waals surface area contributed by atoms with Crippen LogP contribution in [0.15, 0.2) is 12.3 Å². The normalized spacial score (nSPS) is 10.8. The molecule has 0 spiro atoms. The lowest BCUT2D eigenvalue weighted by Gasteiger charge is -2.05. The second kappa shape index (κ2) is 3.78. The quantitative estimate of drug-likeness (QED) is 0.780. The second-order valence-electron chi connectivity index (χ2n) is 2.19. The summed E-state index contributed by atoms with van der Waals surface area (Å²) in [7, 11) is 0. The van der Waals surface area contributed by atoms with E-state index in [9.17, 15) is 8.78 Å². The van der Waals surface area contributed by atoms with Gasteiger partial charge in [0, 0.05) is 18.3 Å². The summed E-state index contributed by atoms with van der Waals surface area (Å²) in [6.07, 6.45) is -1.27. The van der Waals surface area contributed by atoms with Crippen LogP contribution in [0, 0.1) is 0 Å². The molecule has 12 heavy (non-hydrogen) atoms. The Morgan fingerprint density at radius 1 is 1.58 bits per heavy atom. The van der Waals surface area contributed by atoms with Gasteiger partial charge in [-0.1, -0.05) is 11.6 Å². The van der Waals surface area contributed by atoms with E-state index in [-0.39, 0.29) is 22.8 Å². The van der Waals surface area contributed by atoms with Crippen molar-refractivity contribution in [3.8, 4) is 0 Å². The van der Waals surface area contributed by atoms with Gasteiger partial charge >= 0.3 is 0 Å². The maximum Gasteiger partial charge on any atom is 0.265 e. The minimum Gasteiger partial charge on any atom is -0.325 e. The number of nitrogens with two attached hydrogens (primary N) is 1. The van der Waals surface area contributed by atoms with Gasteiger partial charge in [-0.05, 0) is 6.07 Å². The van der Waals surface area contributed by atoms with E-state index in [0.29, 0.717) is 0 Å². The molecule has 0 saturated heterocycles. The van der Waals surface area contributed by atoms with Crippen LogP contribution in [-0.2, 0) is 6.54 Å². The molecule has 66 valence electrons. The first-order valence-corrected chi connectivity index (χ1v) is 3.65. The Morgan fingerprint density at radius 3 is 2.75 bits per heavy atom. The molecule has 0 atom stereocenters. The third kappa shape index (κ3) is 1.89. The van der Waals surface area contributed by atoms with E-state index in [1.54, 1.807) is 0 Å². The van der Waals surface area contributed by atoms with E-state index in [1.165, 1.54) is 12.3 Å². The molecule has 0 radical (unpaired) electrons. The summed E-state index contributed by atoms with van der Waals surface area (Å²) in [5.74, 6) is 0. The minimum absolute atomic E-state index is 0.00313. The van der Waals surface area contributed by atoms with Crippen molar-refractivity contribution in [1.82, 2.24) is 4.98 Å². The predicted octanol–water partition coefficient (Wildman–Crippen LogP) is 2.13. The van der Waals surface area contributed by atoms with Crippen molar-refractivity contribution < 1.29 is 8.78 Å². The summed E-state index contributed by atoms with van der Waals surface area (Å²) >= 11 is 5.48. The summed E-state index contributed by atoms with van der Waals surface area (Å²) < 4.78 is 24.5. The summed E-state index contributed by atoms with van der Waals surface area (Å²) in [4.78, 5) is 3.68. The molecule has 0 unspecified atom stereocenters. The lowest BCUT2D eigenvalue weighted by Crippen LogP contribution is -2.04. The lowest BCUT2D eigenvalue weighted by atomic mass is 10.2. The third-order valence-corrected chi connectivity index (χ3v) is 1.61. The number of alkyl halides is 2. The molecular weight excluding hydrogens is 186 g/mol. The highest BCUT2D eigenvalue weighted by atomic mass is 35.5. The molecule has 0 bridgehead atoms. The van der Waals surface area contributed by atoms with Crippen molar-refractivity contribution in [1.29, 1.82) is 0 Å². The Labute approximate surface area is 73.4 Å². The van der Waals surface area contributed by atoms with Gasteiger partial charge in [0.2, 0.25) is 0 Å². The lowest BCUT2D eigenvalue weighted by molar-refractivity contribution is 0.149. The first-order valence-electron chi connectivity index (χ1n) is 3.27. The SMILES string of the molecule is NCc1ncc(Cl)cc1C(F)F. The molecule has 0 fully saturated rings. The molecule has 5 heteroatoms. The van der Waals surface area contributed by atoms with Gasteiger partial charge in [-0.15, -0.1) is 0 Å². The molecule has 0 aliphatic rings. The van der Waals surface area contributed by atoms with E-state index in [4.69, 9.17) is 17.3 Å². The summed E-state index contributed by atoms with van der Waals surface area (Å²) in [6, 6.07) is 1.18. The Kier molecular flexibility index (Phi) is 2.94. The molecule has 1 heterocycles. The highest BCUT2D eigenvalue weighted by molar-refractivity contribution is 6.30. The standard InChI is InChI=1S/C7H7ClF2N2/c8-4-1-5(7(9)10)6(2-11)12-3-4/h1,3,7H,2,11H2. The fourth-order valence-corrected chi connectivity index (χ4v) is 1.01. The molecule has 1 aromatic heterocycles. The molecule has 0 amide bonds. The second-order valence-corrected chi connectivity index (χ2v) is 2.63. The molecule has 0 aromatic carbocycles. The maximum absolute atomic E-state index is 12.2. The maximum atomic E-state index is 12.2. The van der Waals surface area contributed by atoms with Crippen molar-refractivity contribution in [2.24, 2.45) is 5.73 Å². The van der Waals surface area contributed by atoms with Crippen molar-refractivity contribution >= 4 is 11.6 Å². The number of halogens is 3. The summed E-state index contributed by atoms with van der Waals surface area (Å²) in [5.41, 5.74) is 5.20. The monoisotopic (exact) mass is 192 g/mol. The van der Waals surface area contributed by atoms with Crippen LogP contribution in [-0.4, -0.2) is 4.98 Å². The van der Waals surface area contributed by atoms with Crippen molar-refractivity contribution in [2.75, 3.05) is 0 Å². The number of nitrogens with zero attached hydrogens (tertiary/aromatic N) is 1. The van der Waals surface area contributed by atoms with Gasteiger partial charge in [0.05, 0.1) is 10.7 Å². The zero-order valence-electron chi connectivity index (χ0n) is 6.10. The summed E-state index contributed by atoms with van der Waals surface area (Å²) in [6.45, 7) is -0.00313. The third-order valence-electron chi connectivity index (χ3n) is 1.40. The molecule has 0 saturated carbocycles. The van der Waals surface area contributed by atoms with Crippen LogP contribution >= 0.6 is 11.6 Å². The van der Waals surface area contributed by atoms with Gasteiger partial charge in [0.25, 0.3) is 6.43 Å². The van der Waals surface area contributed by atoms with Crippen molar-refractivity contribution in [3.63, 3.8) is 0 Å². The zero-order chi connectivity index (χ0) is 9.14. The molecule has 0 aliphatic carbocycles. The average Bonchev–Trinajstić information content (AvgIpc) is 2.04. The zero-order valence-corrected chi connectivity index (χ0v) is 6.85. The molecule has 1 aromatic rings. The fourth-order valence-electron chi connectivity index (χ4n) is 0.843. The van der Waals surface area contributed by atoms with Crippen molar-refractivity contribution in [2.45, 2.75) is 13.0 Å². The summed E-state index contributed by atoms with van der Waals surface area (Å²) in [5, 5.41) is 0.197. The molecular formula is C7H7ClF2N2. The number of pyridine rings is 1. The van der Waals surface area contributed by atoms with Gasteiger partial charge in [0.15, 0.2) is 0 Å². The van der Waals surface area contributed by atoms with Crippen LogP contribution < -0.4 is 5.73 Å². The highest BCUT2D eigenvalue weighted by Gasteiger charge is 2.13. The van der Waals surface area contributed by atoms with Crippen LogP contribution in [0.2, 0.25) is 5.02 Å². The number of hydrogen-bond donors (Lipinski definition) is 1. The van der Waals surface area contributed by atoms with Gasteiger partial charge in [-0.3, -0.25) is 4.98 Å². The van der Waals surface area contributed by atoms with Gasteiger partial charge in [-0.2, -0.15) is 0 Å². The molecule has 0 aliphatic heterocycles. The molecule has 2 N–H and O–H groups in total. The number of rotatable bonds is 2. The van der Waals surface area contributed by atoms with Crippen LogP contribution in [0.1, 0.15) is 17.7 Å². The van der Waals surface area contributed by atoms with E-state index < -0.39 is 6.43 Å². The van der Waals surface area contributed by atoms with Crippen LogP contribution in [0.5, 0.6) is 0 Å². The minimum atomic E-state index is -2.57. The van der Waals surface area contributed by atoms with E-state index in [0.717, 1.165) is 0 Å². The van der Waals surface area contributed by atoms with Crippen molar-refractivity contribution in [3.05, 3.63) is 28.5 Å². The highest BCUT2D eigenvalue weighted by Crippen LogP contribution is 2.23. The topological polar surface area (TPSA) is 38.9 Å². The van der Waals surface area contributed by atoms with E-state index in [1.807, 2.05) is 0 Å². The Morgan fingerprint density at radius 2 is 2.25 bits per heavy atom. The number of aromatic nitrogens is 1. The largest absolute Gasteiger partial charge is 0.325 e. The first kappa shape index (κ1) is 9.35. The van der Waals surface area contributed by atoms with Gasteiger partial charge in [0.1, 0.15) is 0 Å². The Balaban J connectivity index is 3.12. The smallest absolute Gasteiger partial charge is 0.265 e. The predicted molar refractivity (Wildman–Crippen MR) is 42.1 cm³/mol. The first-order chi connectivity index (χ1) is 5.65.